The average molecular weight is 497 g/mol. The van der Waals surface area contributed by atoms with Gasteiger partial charge in [-0.15, -0.1) is 13.2 Å². The Balaban J connectivity index is 0.000000201. The van der Waals surface area contributed by atoms with Crippen molar-refractivity contribution in [2.75, 3.05) is 26.2 Å². The molecule has 0 bridgehead atoms. The maximum Gasteiger partial charge on any atom is 0.410 e. The normalized spacial score (nSPS) is 22.8. The van der Waals surface area contributed by atoms with Crippen molar-refractivity contribution in [3.63, 3.8) is 0 Å². The summed E-state index contributed by atoms with van der Waals surface area (Å²) in [5, 5.41) is 9.67. The molecule has 0 saturated carbocycles. The zero-order chi connectivity index (χ0) is 25.9. The molecule has 0 radical (unpaired) electrons. The third kappa shape index (κ3) is 7.68. The van der Waals surface area contributed by atoms with Gasteiger partial charge in [0.2, 0.25) is 0 Å². The van der Waals surface area contributed by atoms with Gasteiger partial charge in [0.05, 0.1) is 19.2 Å². The number of likely N-dealkylation sites (tertiary alicyclic amines) is 2. The third-order valence-electron chi connectivity index (χ3n) is 6.16. The van der Waals surface area contributed by atoms with Gasteiger partial charge >= 0.3 is 12.2 Å². The highest BCUT2D eigenvalue weighted by Crippen LogP contribution is 2.22. The fraction of sp³-hybridized carbons (Fsp3) is 0.357. The predicted octanol–water partition coefficient (Wildman–Crippen LogP) is 4.58. The van der Waals surface area contributed by atoms with E-state index < -0.39 is 18.4 Å². The minimum atomic E-state index is -1.04. The molecule has 0 spiro atoms. The zero-order valence-electron chi connectivity index (χ0n) is 20.2. The van der Waals surface area contributed by atoms with Crippen molar-refractivity contribution < 1.29 is 28.6 Å². The van der Waals surface area contributed by atoms with Gasteiger partial charge in [0.15, 0.2) is 0 Å². The predicted molar refractivity (Wildman–Crippen MR) is 135 cm³/mol. The Morgan fingerprint density at radius 2 is 1.25 bits per heavy atom. The number of benzene rings is 2. The number of hydrogen-bond acceptors (Lipinski definition) is 5. The molecule has 4 atom stereocenters. The van der Waals surface area contributed by atoms with E-state index in [1.165, 1.54) is 9.80 Å². The number of halogens is 1. The number of aliphatic hydroxyl groups is 1. The fourth-order valence-corrected chi connectivity index (χ4v) is 3.97. The molecule has 2 aliphatic heterocycles. The van der Waals surface area contributed by atoms with Crippen molar-refractivity contribution in [1.82, 2.24) is 9.80 Å². The minimum absolute atomic E-state index is 0.0609. The first kappa shape index (κ1) is 26.9. The summed E-state index contributed by atoms with van der Waals surface area (Å²) in [6, 6.07) is 18.9. The van der Waals surface area contributed by atoms with Crippen LogP contribution in [0.4, 0.5) is 14.0 Å². The lowest BCUT2D eigenvalue weighted by Crippen LogP contribution is -2.30. The van der Waals surface area contributed by atoms with Crippen LogP contribution in [0.3, 0.4) is 0 Å². The number of β-amino-alcohol motifs (C(OH)–C–C–N with tert-alkyl or cyclic N) is 1. The summed E-state index contributed by atoms with van der Waals surface area (Å²) >= 11 is 0. The minimum Gasteiger partial charge on any atom is -0.445 e. The molecule has 36 heavy (non-hydrogen) atoms. The van der Waals surface area contributed by atoms with E-state index in [1.807, 2.05) is 60.7 Å². The second-order valence-electron chi connectivity index (χ2n) is 8.77. The van der Waals surface area contributed by atoms with Crippen LogP contribution in [0, 0.1) is 11.8 Å². The highest BCUT2D eigenvalue weighted by atomic mass is 19.1. The molecule has 0 unspecified atom stereocenters. The summed E-state index contributed by atoms with van der Waals surface area (Å²) in [6.07, 6.45) is 0.802. The van der Waals surface area contributed by atoms with Crippen LogP contribution in [0.2, 0.25) is 0 Å². The fourth-order valence-electron chi connectivity index (χ4n) is 3.97. The van der Waals surface area contributed by atoms with Gasteiger partial charge in [0.25, 0.3) is 0 Å². The molecule has 0 aromatic heterocycles. The Morgan fingerprint density at radius 3 is 1.67 bits per heavy atom. The van der Waals surface area contributed by atoms with Crippen LogP contribution in [0.1, 0.15) is 11.1 Å². The summed E-state index contributed by atoms with van der Waals surface area (Å²) < 4.78 is 23.8. The number of carbonyl (C=O) groups excluding carboxylic acids is 2. The van der Waals surface area contributed by atoms with E-state index in [2.05, 4.69) is 13.2 Å². The van der Waals surface area contributed by atoms with Gasteiger partial charge in [0, 0.05) is 24.9 Å². The van der Waals surface area contributed by atoms with Crippen LogP contribution in [-0.4, -0.2) is 65.5 Å². The summed E-state index contributed by atoms with van der Waals surface area (Å²) in [5.41, 5.74) is 1.87. The van der Waals surface area contributed by atoms with Crippen molar-refractivity contribution in [2.45, 2.75) is 25.5 Å². The first-order valence-electron chi connectivity index (χ1n) is 11.9. The van der Waals surface area contributed by atoms with Gasteiger partial charge in [0.1, 0.15) is 19.4 Å². The summed E-state index contributed by atoms with van der Waals surface area (Å²) in [4.78, 5) is 26.4. The van der Waals surface area contributed by atoms with E-state index in [0.29, 0.717) is 19.6 Å². The molecule has 8 heteroatoms. The number of amides is 2. The van der Waals surface area contributed by atoms with Gasteiger partial charge in [-0.1, -0.05) is 72.8 Å². The van der Waals surface area contributed by atoms with Gasteiger partial charge in [-0.25, -0.2) is 14.0 Å². The molecule has 2 saturated heterocycles. The SMILES string of the molecule is C=C[C@@H]1CN(C(=O)OCc2ccccc2)C[C@@H]1F.C=C[C@@H]1CN(C(=O)OCc2ccccc2)C[C@H]1O. The van der Waals surface area contributed by atoms with Crippen LogP contribution >= 0.6 is 0 Å². The number of ether oxygens (including phenoxy) is 2. The quantitative estimate of drug-likeness (QED) is 0.593. The highest BCUT2D eigenvalue weighted by molar-refractivity contribution is 5.68. The number of rotatable bonds is 6. The van der Waals surface area contributed by atoms with E-state index in [0.717, 1.165) is 11.1 Å². The molecule has 2 amide bonds. The lowest BCUT2D eigenvalue weighted by Gasteiger charge is -2.15. The molecule has 2 fully saturated rings. The standard InChI is InChI=1S/C14H16FNO2.C14H17NO3/c1-2-12-8-16(9-13(12)15)14(17)18-10-11-6-4-3-5-7-11;1-2-12-8-15(9-13(12)16)14(17)18-10-11-6-4-3-5-7-11/h2-7,12-13H,1,8-10H2;2-7,12-13,16H,1,8-10H2/t12-,13+;12-,13-/m11/s1. The lowest BCUT2D eigenvalue weighted by molar-refractivity contribution is 0.0969. The summed E-state index contributed by atoms with van der Waals surface area (Å²) in [7, 11) is 0. The number of alkyl halides is 1. The Labute approximate surface area is 211 Å². The van der Waals surface area contributed by atoms with Crippen molar-refractivity contribution in [3.8, 4) is 0 Å². The maximum atomic E-state index is 13.4. The van der Waals surface area contributed by atoms with E-state index >= 15 is 0 Å². The van der Waals surface area contributed by atoms with Gasteiger partial charge in [-0.2, -0.15) is 0 Å². The van der Waals surface area contributed by atoms with Crippen LogP contribution in [0.5, 0.6) is 0 Å². The Kier molecular flexibility index (Phi) is 10.1. The van der Waals surface area contributed by atoms with Crippen LogP contribution in [0.15, 0.2) is 86.0 Å². The Bertz CT molecular complexity index is 922. The topological polar surface area (TPSA) is 79.3 Å². The second kappa shape index (κ2) is 13.4. The largest absolute Gasteiger partial charge is 0.445 e. The zero-order valence-corrected chi connectivity index (χ0v) is 20.2. The van der Waals surface area contributed by atoms with Crippen molar-refractivity contribution in [3.05, 3.63) is 97.1 Å². The summed E-state index contributed by atoms with van der Waals surface area (Å²) in [6.45, 7) is 8.89. The molecule has 2 aromatic carbocycles. The first-order chi connectivity index (χ1) is 17.4. The average Bonchev–Trinajstić information content (AvgIpc) is 3.49. The monoisotopic (exact) mass is 496 g/mol. The number of nitrogens with zero attached hydrogens (tertiary/aromatic N) is 2. The number of aliphatic hydroxyl groups excluding tert-OH is 1. The van der Waals surface area contributed by atoms with E-state index in [9.17, 15) is 19.1 Å². The highest BCUT2D eigenvalue weighted by Gasteiger charge is 2.34. The third-order valence-corrected chi connectivity index (χ3v) is 6.16. The molecule has 0 aliphatic carbocycles. The number of carbonyl (C=O) groups is 2. The molecular formula is C28H33FN2O5. The Hall–Kier alpha value is -3.65. The molecule has 7 nitrogen and oxygen atoms in total. The molecule has 2 heterocycles. The molecule has 4 rings (SSSR count). The van der Waals surface area contributed by atoms with Gasteiger partial charge in [-0.3, -0.25) is 0 Å². The molecule has 2 aliphatic rings. The van der Waals surface area contributed by atoms with Crippen molar-refractivity contribution in [1.29, 1.82) is 0 Å². The lowest BCUT2D eigenvalue weighted by atomic mass is 10.1. The van der Waals surface area contributed by atoms with Crippen molar-refractivity contribution in [2.24, 2.45) is 11.8 Å². The first-order valence-corrected chi connectivity index (χ1v) is 11.9. The summed E-state index contributed by atoms with van der Waals surface area (Å²) in [5.74, 6) is -0.344. The van der Waals surface area contributed by atoms with E-state index in [-0.39, 0.29) is 37.7 Å². The van der Waals surface area contributed by atoms with Crippen LogP contribution < -0.4 is 0 Å². The maximum absolute atomic E-state index is 13.4. The van der Waals surface area contributed by atoms with Gasteiger partial charge < -0.3 is 24.4 Å². The van der Waals surface area contributed by atoms with E-state index in [4.69, 9.17) is 9.47 Å². The molecule has 1 N–H and O–H groups in total. The van der Waals surface area contributed by atoms with E-state index in [1.54, 1.807) is 12.2 Å². The van der Waals surface area contributed by atoms with Crippen molar-refractivity contribution >= 4 is 12.2 Å². The van der Waals surface area contributed by atoms with Crippen LogP contribution in [-0.2, 0) is 22.7 Å². The molecular weight excluding hydrogens is 463 g/mol. The Morgan fingerprint density at radius 1 is 0.806 bits per heavy atom. The smallest absolute Gasteiger partial charge is 0.410 e. The van der Waals surface area contributed by atoms with Crippen LogP contribution in [0.25, 0.3) is 0 Å². The second-order valence-corrected chi connectivity index (χ2v) is 8.77. The van der Waals surface area contributed by atoms with Gasteiger partial charge in [-0.05, 0) is 11.1 Å². The molecule has 192 valence electrons. The number of hydrogen-bond donors (Lipinski definition) is 1. The molecule has 2 aromatic rings.